The number of carboxylic acids is 1. The number of hydrogen-bond acceptors (Lipinski definition) is 8. The number of carboxylic acid groups (broad SMARTS) is 1. The predicted molar refractivity (Wildman–Crippen MR) is 108 cm³/mol. The summed E-state index contributed by atoms with van der Waals surface area (Å²) in [5, 5.41) is 14.7. The first-order valence-corrected chi connectivity index (χ1v) is 11.0. The van der Waals surface area contributed by atoms with Crippen LogP contribution in [0.1, 0.15) is 42.2 Å². The third kappa shape index (κ3) is 2.49. The van der Waals surface area contributed by atoms with Gasteiger partial charge in [-0.05, 0) is 31.7 Å². The third-order valence-electron chi connectivity index (χ3n) is 5.58. The molecule has 156 valence electrons. The lowest BCUT2D eigenvalue weighted by atomic mass is 9.90. The van der Waals surface area contributed by atoms with Crippen LogP contribution in [0.15, 0.2) is 11.1 Å². The van der Waals surface area contributed by atoms with Gasteiger partial charge in [0.05, 0.1) is 5.69 Å². The molecule has 30 heavy (non-hydrogen) atoms. The van der Waals surface area contributed by atoms with Crippen molar-refractivity contribution in [2.45, 2.75) is 48.9 Å². The average Bonchev–Trinajstić information content (AvgIpc) is 3.40. The number of fused-ring (bicyclic) bond motifs is 4. The third-order valence-corrected chi connectivity index (χ3v) is 8.27. The lowest BCUT2D eigenvalue weighted by Crippen LogP contribution is -2.70. The molecule has 4 heterocycles. The van der Waals surface area contributed by atoms with Crippen molar-refractivity contribution in [3.05, 3.63) is 33.9 Å². The highest BCUT2D eigenvalue weighted by Gasteiger charge is 2.69. The Morgan fingerprint density at radius 3 is 2.87 bits per heavy atom. The van der Waals surface area contributed by atoms with E-state index >= 15 is 0 Å². The van der Waals surface area contributed by atoms with Crippen molar-refractivity contribution in [2.75, 3.05) is 0 Å². The summed E-state index contributed by atoms with van der Waals surface area (Å²) in [5.74, 6) is -1.80. The number of alkyl halides is 1. The monoisotopic (exact) mass is 493 g/mol. The number of aryl methyl sites for hydroxylation is 2. The van der Waals surface area contributed by atoms with Gasteiger partial charge >= 0.3 is 11.9 Å². The number of thioether (sulfide) groups is 1. The molecule has 2 aromatic rings. The van der Waals surface area contributed by atoms with E-state index in [0.29, 0.717) is 5.78 Å². The number of ether oxygens (including phenoxy) is 1. The second-order valence-corrected chi connectivity index (χ2v) is 9.65. The van der Waals surface area contributed by atoms with E-state index in [1.54, 1.807) is 4.52 Å². The van der Waals surface area contributed by atoms with E-state index in [9.17, 15) is 19.5 Å². The predicted octanol–water partition coefficient (Wildman–Crippen LogP) is 1.50. The maximum Gasteiger partial charge on any atom is 0.353 e. The molecule has 0 spiro atoms. The second kappa shape index (κ2) is 6.51. The molecule has 0 bridgehead atoms. The van der Waals surface area contributed by atoms with E-state index < -0.39 is 33.6 Å². The summed E-state index contributed by atoms with van der Waals surface area (Å²) < 4.78 is 5.78. The highest BCUT2D eigenvalue weighted by Crippen LogP contribution is 2.57. The molecule has 1 aliphatic carbocycles. The maximum absolute atomic E-state index is 13.0. The molecule has 0 radical (unpaired) electrons. The molecule has 0 saturated carbocycles. The Bertz CT molecular complexity index is 1180. The van der Waals surface area contributed by atoms with Crippen molar-refractivity contribution in [3.63, 3.8) is 0 Å². The molecule has 10 nitrogen and oxygen atoms in total. The molecule has 1 N–H and O–H groups in total. The lowest BCUT2D eigenvalue weighted by molar-refractivity contribution is -0.163. The topological polar surface area (TPSA) is 127 Å². The molecule has 0 aromatic carbocycles. The number of nitrogens with zero attached hydrogens (tertiary/aromatic N) is 5. The summed E-state index contributed by atoms with van der Waals surface area (Å²) in [6.07, 6.45) is 1.62. The number of aromatic nitrogens is 4. The molecule has 3 atom stereocenters. The van der Waals surface area contributed by atoms with Crippen LogP contribution in [0.25, 0.3) is 5.78 Å². The number of rotatable bonds is 4. The number of halogens is 1. The van der Waals surface area contributed by atoms with Gasteiger partial charge in [0, 0.05) is 18.0 Å². The summed E-state index contributed by atoms with van der Waals surface area (Å²) in [6, 6.07) is 0. The van der Waals surface area contributed by atoms with Gasteiger partial charge in [-0.3, -0.25) is 14.5 Å². The van der Waals surface area contributed by atoms with Gasteiger partial charge in [0.15, 0.2) is 16.3 Å². The van der Waals surface area contributed by atoms with E-state index in [4.69, 9.17) is 4.74 Å². The Kier molecular flexibility index (Phi) is 4.23. The normalized spacial score (nSPS) is 25.6. The minimum atomic E-state index is -1.39. The fraction of sp³-hybridized carbons (Fsp3) is 0.444. The highest BCUT2D eigenvalue weighted by molar-refractivity contribution is 9.10. The van der Waals surface area contributed by atoms with Crippen molar-refractivity contribution in [2.24, 2.45) is 0 Å². The molecule has 3 aliphatic rings. The van der Waals surface area contributed by atoms with E-state index in [1.807, 2.05) is 6.92 Å². The van der Waals surface area contributed by atoms with Crippen molar-refractivity contribution in [3.8, 4) is 0 Å². The van der Waals surface area contributed by atoms with Crippen LogP contribution < -0.4 is 0 Å². The highest BCUT2D eigenvalue weighted by atomic mass is 79.9. The summed E-state index contributed by atoms with van der Waals surface area (Å²) in [4.78, 5) is 46.5. The van der Waals surface area contributed by atoms with Gasteiger partial charge in [0.25, 0.3) is 11.7 Å². The van der Waals surface area contributed by atoms with Gasteiger partial charge < -0.3 is 9.84 Å². The smallest absolute Gasteiger partial charge is 0.353 e. The largest absolute Gasteiger partial charge is 0.477 e. The summed E-state index contributed by atoms with van der Waals surface area (Å²) >= 11 is 4.62. The zero-order valence-electron chi connectivity index (χ0n) is 16.0. The Balaban J connectivity index is 1.59. The molecular weight excluding hydrogens is 478 g/mol. The second-order valence-electron chi connectivity index (χ2n) is 7.39. The summed E-state index contributed by atoms with van der Waals surface area (Å²) in [7, 11) is 0. The van der Waals surface area contributed by atoms with Crippen LogP contribution in [-0.4, -0.2) is 57.1 Å². The lowest BCUT2D eigenvalue weighted by Gasteiger charge is -2.50. The number of esters is 1. The van der Waals surface area contributed by atoms with Crippen molar-refractivity contribution >= 4 is 51.3 Å². The first-order valence-electron chi connectivity index (χ1n) is 9.27. The van der Waals surface area contributed by atoms with Gasteiger partial charge in [-0.15, -0.1) is 16.9 Å². The summed E-state index contributed by atoms with van der Waals surface area (Å²) in [5.41, 5.74) is 2.95. The van der Waals surface area contributed by atoms with Gasteiger partial charge in [0.2, 0.25) is 0 Å². The quantitative estimate of drug-likeness (QED) is 0.382. The Hall–Kier alpha value is -2.47. The molecule has 12 heteroatoms. The van der Waals surface area contributed by atoms with Crippen LogP contribution in [0, 0.1) is 6.92 Å². The van der Waals surface area contributed by atoms with Gasteiger partial charge in [-0.2, -0.15) is 4.98 Å². The summed E-state index contributed by atoms with van der Waals surface area (Å²) in [6.45, 7) is 3.17. The minimum Gasteiger partial charge on any atom is -0.477 e. The van der Waals surface area contributed by atoms with Crippen molar-refractivity contribution < 1.29 is 24.2 Å². The molecule has 1 fully saturated rings. The molecular formula is C18H16BrN5O5S. The molecule has 1 saturated heterocycles. The van der Waals surface area contributed by atoms with Crippen LogP contribution in [0.2, 0.25) is 0 Å². The first-order chi connectivity index (χ1) is 14.2. The van der Waals surface area contributed by atoms with Crippen LogP contribution in [0.5, 0.6) is 0 Å². The fourth-order valence-corrected chi connectivity index (χ4v) is 6.48. The first kappa shape index (κ1) is 19.5. The Morgan fingerprint density at radius 2 is 2.17 bits per heavy atom. The number of carbonyl (C=O) groups is 3. The van der Waals surface area contributed by atoms with E-state index in [1.165, 1.54) is 17.2 Å². The standard InChI is InChI=1S/C18H16BrN5O5S/c1-7-9-4-3-5-10(9)24-17(20-7)21-13(22-24)12(29-8(2)25)18(19)15(28)23-11(14(26)27)6-30-16(18)23/h6,12,16H,3-5H2,1-2H3,(H,26,27)/t12?,16-,18?/m1/s1. The molecule has 1 amide bonds. The molecule has 2 unspecified atom stereocenters. The number of β-lactam (4-membered cyclic amide) rings is 1. The zero-order valence-corrected chi connectivity index (χ0v) is 18.4. The van der Waals surface area contributed by atoms with E-state index in [2.05, 4.69) is 31.0 Å². The van der Waals surface area contributed by atoms with Gasteiger partial charge in [0.1, 0.15) is 11.1 Å². The number of amides is 1. The van der Waals surface area contributed by atoms with Crippen LogP contribution in [0.3, 0.4) is 0 Å². The SMILES string of the molecule is CC(=O)OC(c1nc2nc(C)c3c(n2n1)CCC3)C1(Br)C(=O)N2C(C(=O)O)=CS[C@@H]21. The van der Waals surface area contributed by atoms with Gasteiger partial charge in [-0.25, -0.2) is 14.3 Å². The van der Waals surface area contributed by atoms with Crippen LogP contribution in [-0.2, 0) is 32.0 Å². The Morgan fingerprint density at radius 1 is 1.40 bits per heavy atom. The fourth-order valence-electron chi connectivity index (χ4n) is 4.24. The van der Waals surface area contributed by atoms with Gasteiger partial charge in [-0.1, -0.05) is 15.9 Å². The van der Waals surface area contributed by atoms with E-state index in [0.717, 1.165) is 48.0 Å². The maximum atomic E-state index is 13.0. The minimum absolute atomic E-state index is 0.107. The average molecular weight is 494 g/mol. The van der Waals surface area contributed by atoms with Crippen LogP contribution >= 0.6 is 27.7 Å². The molecule has 2 aliphatic heterocycles. The van der Waals surface area contributed by atoms with E-state index in [-0.39, 0.29) is 11.5 Å². The zero-order chi connectivity index (χ0) is 21.4. The number of aliphatic carboxylic acids is 1. The number of carbonyl (C=O) groups excluding carboxylic acids is 2. The van der Waals surface area contributed by atoms with Crippen molar-refractivity contribution in [1.82, 2.24) is 24.5 Å². The Labute approximate surface area is 182 Å². The van der Waals surface area contributed by atoms with Crippen LogP contribution in [0.4, 0.5) is 0 Å². The molecule has 2 aromatic heterocycles. The molecule has 5 rings (SSSR count). The van der Waals surface area contributed by atoms with Crippen molar-refractivity contribution in [1.29, 1.82) is 0 Å². The number of hydrogen-bond donors (Lipinski definition) is 1.